The topological polar surface area (TPSA) is 60.2 Å². The molecule has 0 radical (unpaired) electrons. The molecular formula is C17H19N3O2. The van der Waals surface area contributed by atoms with Gasteiger partial charge in [-0.3, -0.25) is 4.68 Å². The van der Waals surface area contributed by atoms with Gasteiger partial charge in [-0.05, 0) is 37.6 Å². The first-order chi connectivity index (χ1) is 10.7. The van der Waals surface area contributed by atoms with Crippen LogP contribution in [0.4, 0.5) is 0 Å². The van der Waals surface area contributed by atoms with Crippen molar-refractivity contribution in [3.8, 4) is 17.0 Å². The molecule has 0 aliphatic carbocycles. The van der Waals surface area contributed by atoms with Crippen molar-refractivity contribution in [2.75, 3.05) is 13.2 Å². The van der Waals surface area contributed by atoms with Crippen LogP contribution in [-0.4, -0.2) is 33.1 Å². The fraction of sp³-hybridized carbons (Fsp3) is 0.294. The number of fused-ring (bicyclic) bond motifs is 1. The van der Waals surface area contributed by atoms with Crippen LogP contribution in [0.5, 0.6) is 5.75 Å². The van der Waals surface area contributed by atoms with E-state index in [1.807, 2.05) is 35.3 Å². The lowest BCUT2D eigenvalue weighted by atomic mass is 10.1. The van der Waals surface area contributed by atoms with Crippen molar-refractivity contribution in [3.05, 3.63) is 42.2 Å². The summed E-state index contributed by atoms with van der Waals surface area (Å²) in [7, 11) is 0. The highest BCUT2D eigenvalue weighted by Crippen LogP contribution is 2.26. The van der Waals surface area contributed by atoms with E-state index in [0.717, 1.165) is 40.0 Å². The number of hydrogen-bond donors (Lipinski definition) is 1. The van der Waals surface area contributed by atoms with Gasteiger partial charge in [-0.15, -0.1) is 0 Å². The van der Waals surface area contributed by atoms with Gasteiger partial charge < -0.3 is 9.84 Å². The quantitative estimate of drug-likeness (QED) is 0.786. The first-order valence-electron chi connectivity index (χ1n) is 7.39. The Kier molecular flexibility index (Phi) is 4.06. The highest BCUT2D eigenvalue weighted by molar-refractivity contribution is 5.86. The number of nitrogens with zero attached hydrogens (tertiary/aromatic N) is 3. The number of ether oxygens (including phenoxy) is 1. The van der Waals surface area contributed by atoms with Gasteiger partial charge in [0, 0.05) is 29.8 Å². The van der Waals surface area contributed by atoms with Crippen molar-refractivity contribution in [1.82, 2.24) is 14.8 Å². The van der Waals surface area contributed by atoms with E-state index in [4.69, 9.17) is 14.8 Å². The van der Waals surface area contributed by atoms with Gasteiger partial charge in [-0.2, -0.15) is 5.10 Å². The molecule has 114 valence electrons. The Balaban J connectivity index is 2.04. The average molecular weight is 297 g/mol. The summed E-state index contributed by atoms with van der Waals surface area (Å²) in [5.41, 5.74) is 3.96. The zero-order valence-electron chi connectivity index (χ0n) is 12.8. The maximum Gasteiger partial charge on any atom is 0.121 e. The lowest BCUT2D eigenvalue weighted by Crippen LogP contribution is -2.01. The van der Waals surface area contributed by atoms with Gasteiger partial charge >= 0.3 is 0 Å². The number of rotatable bonds is 5. The summed E-state index contributed by atoms with van der Waals surface area (Å²) in [6, 6.07) is 7.89. The van der Waals surface area contributed by atoms with Crippen LogP contribution in [0.1, 0.15) is 12.5 Å². The van der Waals surface area contributed by atoms with Crippen LogP contribution in [0.2, 0.25) is 0 Å². The van der Waals surface area contributed by atoms with Crippen LogP contribution in [0.25, 0.3) is 22.2 Å². The van der Waals surface area contributed by atoms with Crippen molar-refractivity contribution in [1.29, 1.82) is 0 Å². The number of aromatic nitrogens is 3. The SMILES string of the molecule is CCn1cc(-c2cc(C)c3ccc(OCCO)cc3n2)cn1. The molecule has 0 aliphatic rings. The number of aryl methyl sites for hydroxylation is 2. The average Bonchev–Trinajstić information content (AvgIpc) is 3.01. The number of benzene rings is 1. The van der Waals surface area contributed by atoms with E-state index in [9.17, 15) is 0 Å². The molecule has 2 heterocycles. The smallest absolute Gasteiger partial charge is 0.121 e. The number of aliphatic hydroxyl groups excluding tert-OH is 1. The standard InChI is InChI=1S/C17H19N3O2/c1-3-20-11-13(10-18-20)16-8-12(2)15-5-4-14(22-7-6-21)9-17(15)19-16/h4-5,8-11,21H,3,6-7H2,1-2H3. The molecule has 3 rings (SSSR count). The summed E-state index contributed by atoms with van der Waals surface area (Å²) < 4.78 is 7.35. The molecule has 0 saturated carbocycles. The predicted molar refractivity (Wildman–Crippen MR) is 86.0 cm³/mol. The van der Waals surface area contributed by atoms with E-state index in [0.29, 0.717) is 0 Å². The number of pyridine rings is 1. The highest BCUT2D eigenvalue weighted by atomic mass is 16.5. The molecule has 22 heavy (non-hydrogen) atoms. The Bertz CT molecular complexity index is 796. The fourth-order valence-electron chi connectivity index (χ4n) is 2.45. The zero-order valence-corrected chi connectivity index (χ0v) is 12.8. The molecule has 0 aliphatic heterocycles. The largest absolute Gasteiger partial charge is 0.491 e. The van der Waals surface area contributed by atoms with E-state index < -0.39 is 0 Å². The first-order valence-corrected chi connectivity index (χ1v) is 7.39. The number of hydrogen-bond acceptors (Lipinski definition) is 4. The molecule has 3 aromatic rings. The van der Waals surface area contributed by atoms with Crippen molar-refractivity contribution in [3.63, 3.8) is 0 Å². The zero-order chi connectivity index (χ0) is 15.5. The molecule has 0 amide bonds. The van der Waals surface area contributed by atoms with Gasteiger partial charge in [-0.25, -0.2) is 4.98 Å². The molecule has 1 aromatic carbocycles. The van der Waals surface area contributed by atoms with E-state index in [1.54, 1.807) is 0 Å². The maximum atomic E-state index is 8.85. The molecule has 0 saturated heterocycles. The van der Waals surface area contributed by atoms with Crippen molar-refractivity contribution in [2.45, 2.75) is 20.4 Å². The van der Waals surface area contributed by atoms with Crippen molar-refractivity contribution < 1.29 is 9.84 Å². The third-order valence-corrected chi connectivity index (χ3v) is 3.60. The molecule has 1 N–H and O–H groups in total. The Morgan fingerprint density at radius 1 is 1.27 bits per heavy atom. The Hall–Kier alpha value is -2.40. The van der Waals surface area contributed by atoms with E-state index in [1.165, 1.54) is 0 Å². The molecular weight excluding hydrogens is 278 g/mol. The number of aliphatic hydroxyl groups is 1. The molecule has 5 heteroatoms. The summed E-state index contributed by atoms with van der Waals surface area (Å²) in [4.78, 5) is 4.73. The van der Waals surface area contributed by atoms with Gasteiger partial charge in [-0.1, -0.05) is 0 Å². The van der Waals surface area contributed by atoms with Crippen LogP contribution in [0.3, 0.4) is 0 Å². The lowest BCUT2D eigenvalue weighted by molar-refractivity contribution is 0.201. The van der Waals surface area contributed by atoms with Crippen LogP contribution in [-0.2, 0) is 6.54 Å². The minimum Gasteiger partial charge on any atom is -0.491 e. The van der Waals surface area contributed by atoms with Gasteiger partial charge in [0.25, 0.3) is 0 Å². The molecule has 0 atom stereocenters. The first kappa shape index (κ1) is 14.5. The van der Waals surface area contributed by atoms with E-state index in [2.05, 4.69) is 25.0 Å². The van der Waals surface area contributed by atoms with Gasteiger partial charge in [0.2, 0.25) is 0 Å². The second-order valence-corrected chi connectivity index (χ2v) is 5.16. The van der Waals surface area contributed by atoms with Gasteiger partial charge in [0.1, 0.15) is 12.4 Å². The minimum absolute atomic E-state index is 0.000730. The minimum atomic E-state index is 0.000730. The van der Waals surface area contributed by atoms with Gasteiger partial charge in [0.15, 0.2) is 0 Å². The van der Waals surface area contributed by atoms with Crippen LogP contribution < -0.4 is 4.74 Å². The monoisotopic (exact) mass is 297 g/mol. The summed E-state index contributed by atoms with van der Waals surface area (Å²) >= 11 is 0. The molecule has 0 unspecified atom stereocenters. The molecule has 0 bridgehead atoms. The van der Waals surface area contributed by atoms with E-state index >= 15 is 0 Å². The normalized spacial score (nSPS) is 11.0. The lowest BCUT2D eigenvalue weighted by Gasteiger charge is -2.08. The molecule has 0 spiro atoms. The summed E-state index contributed by atoms with van der Waals surface area (Å²) in [6.07, 6.45) is 3.84. The Morgan fingerprint density at radius 3 is 2.86 bits per heavy atom. The maximum absolute atomic E-state index is 8.85. The summed E-state index contributed by atoms with van der Waals surface area (Å²) in [5.74, 6) is 0.717. The predicted octanol–water partition coefficient (Wildman–Crippen LogP) is 2.80. The molecule has 0 fully saturated rings. The molecule has 2 aromatic heterocycles. The Labute approximate surface area is 129 Å². The Morgan fingerprint density at radius 2 is 2.14 bits per heavy atom. The van der Waals surface area contributed by atoms with Crippen molar-refractivity contribution >= 4 is 10.9 Å². The molecule has 5 nitrogen and oxygen atoms in total. The van der Waals surface area contributed by atoms with Crippen LogP contribution >= 0.6 is 0 Å². The van der Waals surface area contributed by atoms with Crippen molar-refractivity contribution in [2.24, 2.45) is 0 Å². The second kappa shape index (κ2) is 6.15. The fourth-order valence-corrected chi connectivity index (χ4v) is 2.45. The third-order valence-electron chi connectivity index (χ3n) is 3.60. The van der Waals surface area contributed by atoms with Gasteiger partial charge in [0.05, 0.1) is 24.0 Å². The van der Waals surface area contributed by atoms with E-state index in [-0.39, 0.29) is 13.2 Å². The second-order valence-electron chi connectivity index (χ2n) is 5.16. The highest BCUT2D eigenvalue weighted by Gasteiger charge is 2.08. The summed E-state index contributed by atoms with van der Waals surface area (Å²) in [6.45, 7) is 5.26. The third kappa shape index (κ3) is 2.80. The van der Waals surface area contributed by atoms with Crippen LogP contribution in [0, 0.1) is 6.92 Å². The van der Waals surface area contributed by atoms with Crippen LogP contribution in [0.15, 0.2) is 36.7 Å². The summed E-state index contributed by atoms with van der Waals surface area (Å²) in [5, 5.41) is 14.3.